The lowest BCUT2D eigenvalue weighted by Crippen LogP contribution is -2.53. The van der Waals surface area contributed by atoms with Crippen LogP contribution in [-0.4, -0.2) is 30.2 Å². The number of Topliss-reactive ketones (excluding diaryl/α,β-unsaturated/α-hetero) is 1. The Hall–Kier alpha value is -1.46. The van der Waals surface area contributed by atoms with Gasteiger partial charge >= 0.3 is 5.97 Å². The summed E-state index contributed by atoms with van der Waals surface area (Å²) >= 11 is 0. The number of esters is 1. The first kappa shape index (κ1) is 13.5. The Kier molecular flexibility index (Phi) is 3.06. The average molecular weight is 277 g/mol. The molecule has 0 bridgehead atoms. The van der Waals surface area contributed by atoms with E-state index in [1.807, 2.05) is 6.08 Å². The van der Waals surface area contributed by atoms with Crippen LogP contribution in [0.1, 0.15) is 26.2 Å². The molecule has 0 radical (unpaired) electrons. The van der Waals surface area contributed by atoms with E-state index < -0.39 is 17.9 Å². The number of carbonyl (C=O) groups is 2. The Labute approximate surface area is 117 Å². The van der Waals surface area contributed by atoms with E-state index in [1.54, 1.807) is 0 Å². The van der Waals surface area contributed by atoms with Crippen LogP contribution in [0.4, 0.5) is 0 Å². The number of fused-ring (bicyclic) bond motifs is 1. The van der Waals surface area contributed by atoms with Gasteiger partial charge in [0.2, 0.25) is 5.79 Å². The maximum Gasteiger partial charge on any atom is 0.336 e. The largest absolute Gasteiger partial charge is 0.429 e. The van der Waals surface area contributed by atoms with Crippen LogP contribution >= 0.6 is 0 Å². The molecule has 0 aromatic rings. The molecule has 108 valence electrons. The number of hydrogen-bond donors (Lipinski definition) is 1. The topological polar surface area (TPSA) is 78.6 Å². The van der Waals surface area contributed by atoms with Gasteiger partial charge in [-0.1, -0.05) is 19.6 Å². The molecule has 3 aliphatic rings. The summed E-state index contributed by atoms with van der Waals surface area (Å²) in [5, 5.41) is 0. The zero-order chi connectivity index (χ0) is 14.5. The highest BCUT2D eigenvalue weighted by molar-refractivity contribution is 6.00. The van der Waals surface area contributed by atoms with Gasteiger partial charge in [0.1, 0.15) is 6.10 Å². The number of carbonyl (C=O) groups excluding carboxylic acids is 2. The molecule has 0 unspecified atom stereocenters. The molecule has 0 aromatic heterocycles. The molecule has 0 saturated carbocycles. The minimum Gasteiger partial charge on any atom is -0.429 e. The van der Waals surface area contributed by atoms with Gasteiger partial charge in [0.15, 0.2) is 5.78 Å². The van der Waals surface area contributed by atoms with Crippen molar-refractivity contribution in [2.24, 2.45) is 17.6 Å². The second-order valence-electron chi connectivity index (χ2n) is 6.00. The molecule has 20 heavy (non-hydrogen) atoms. The fraction of sp³-hybridized carbons (Fsp3) is 0.600. The van der Waals surface area contributed by atoms with Gasteiger partial charge in [-0.3, -0.25) is 4.79 Å². The number of ketones is 1. The molecule has 3 rings (SSSR count). The summed E-state index contributed by atoms with van der Waals surface area (Å²) in [5.74, 6) is -1.11. The molecule has 1 aliphatic carbocycles. The molecule has 0 aromatic carbocycles. The molecule has 2 fully saturated rings. The van der Waals surface area contributed by atoms with E-state index >= 15 is 0 Å². The number of rotatable bonds is 1. The summed E-state index contributed by atoms with van der Waals surface area (Å²) in [4.78, 5) is 24.0. The van der Waals surface area contributed by atoms with Gasteiger partial charge in [-0.25, -0.2) is 4.79 Å². The fourth-order valence-corrected chi connectivity index (χ4v) is 3.51. The van der Waals surface area contributed by atoms with Gasteiger partial charge in [-0.05, 0) is 18.3 Å². The van der Waals surface area contributed by atoms with Crippen molar-refractivity contribution in [3.8, 4) is 0 Å². The highest BCUT2D eigenvalue weighted by Crippen LogP contribution is 2.47. The summed E-state index contributed by atoms with van der Waals surface area (Å²) < 4.78 is 11.3. The highest BCUT2D eigenvalue weighted by atomic mass is 16.7. The number of hydrogen-bond acceptors (Lipinski definition) is 5. The summed E-state index contributed by atoms with van der Waals surface area (Å²) in [6, 6.07) is 0. The Bertz CT molecular complexity index is 506. The van der Waals surface area contributed by atoms with E-state index in [4.69, 9.17) is 15.2 Å². The maximum atomic E-state index is 12.4. The third-order valence-electron chi connectivity index (χ3n) is 4.58. The highest BCUT2D eigenvalue weighted by Gasteiger charge is 2.54. The minimum absolute atomic E-state index is 0.0664. The van der Waals surface area contributed by atoms with E-state index in [-0.39, 0.29) is 24.2 Å². The first-order chi connectivity index (χ1) is 9.46. The van der Waals surface area contributed by atoms with Crippen LogP contribution in [0.15, 0.2) is 23.8 Å². The molecule has 1 spiro atoms. The lowest BCUT2D eigenvalue weighted by atomic mass is 9.73. The number of nitrogens with two attached hydrogens (primary N) is 1. The van der Waals surface area contributed by atoms with Gasteiger partial charge in [0.25, 0.3) is 0 Å². The predicted molar refractivity (Wildman–Crippen MR) is 71.5 cm³/mol. The normalized spacial score (nSPS) is 40.6. The van der Waals surface area contributed by atoms with E-state index in [9.17, 15) is 9.59 Å². The third-order valence-corrected chi connectivity index (χ3v) is 4.58. The van der Waals surface area contributed by atoms with Crippen molar-refractivity contribution < 1.29 is 19.1 Å². The Morgan fingerprint density at radius 3 is 2.85 bits per heavy atom. The molecule has 4 atom stereocenters. The average Bonchev–Trinajstić information content (AvgIpc) is 2.65. The van der Waals surface area contributed by atoms with Gasteiger partial charge in [0.05, 0.1) is 0 Å². The van der Waals surface area contributed by atoms with Crippen molar-refractivity contribution in [2.45, 2.75) is 38.1 Å². The monoisotopic (exact) mass is 277 g/mol. The first-order valence-corrected chi connectivity index (χ1v) is 6.98. The second-order valence-corrected chi connectivity index (χ2v) is 6.00. The standard InChI is InChI=1S/C15H19NO4/c1-8-5-15(6-9(2)14(18)20-15)19-13-11(8)4-3-10(7-16)12(13)17/h3,8,11,13H,2,4-7,16H2,1H3/t8-,11+,13+,15+/m0/s1. The Balaban J connectivity index is 1.89. The quantitative estimate of drug-likeness (QED) is 0.573. The van der Waals surface area contributed by atoms with Gasteiger partial charge < -0.3 is 15.2 Å². The molecular weight excluding hydrogens is 258 g/mol. The van der Waals surface area contributed by atoms with Crippen LogP contribution in [0.3, 0.4) is 0 Å². The van der Waals surface area contributed by atoms with E-state index in [2.05, 4.69) is 13.5 Å². The molecule has 5 heteroatoms. The minimum atomic E-state index is -0.999. The van der Waals surface area contributed by atoms with E-state index in [0.717, 1.165) is 6.42 Å². The van der Waals surface area contributed by atoms with Crippen LogP contribution in [0.5, 0.6) is 0 Å². The van der Waals surface area contributed by atoms with E-state index in [1.165, 1.54) is 0 Å². The predicted octanol–water partition coefficient (Wildman–Crippen LogP) is 1.08. The van der Waals surface area contributed by atoms with Crippen LogP contribution in [0.2, 0.25) is 0 Å². The molecule has 2 heterocycles. The van der Waals surface area contributed by atoms with Crippen LogP contribution < -0.4 is 5.73 Å². The third kappa shape index (κ3) is 1.93. The second kappa shape index (κ2) is 4.53. The van der Waals surface area contributed by atoms with Crippen molar-refractivity contribution in [3.63, 3.8) is 0 Å². The summed E-state index contributed by atoms with van der Waals surface area (Å²) in [7, 11) is 0. The van der Waals surface area contributed by atoms with Gasteiger partial charge in [0, 0.05) is 30.5 Å². The SMILES string of the molecule is C=C1C[C@@]2(C[C@H](C)[C@H]3CC=C(CN)C(=O)[C@@H]3O2)OC1=O. The number of allylic oxidation sites excluding steroid dienone is 1. The van der Waals surface area contributed by atoms with Crippen molar-refractivity contribution in [2.75, 3.05) is 6.54 Å². The smallest absolute Gasteiger partial charge is 0.336 e. The van der Waals surface area contributed by atoms with E-state index in [0.29, 0.717) is 24.0 Å². The molecule has 2 N–H and O–H groups in total. The van der Waals surface area contributed by atoms with Crippen molar-refractivity contribution >= 4 is 11.8 Å². The summed E-state index contributed by atoms with van der Waals surface area (Å²) in [5.41, 5.74) is 6.62. The molecule has 2 aliphatic heterocycles. The van der Waals surface area contributed by atoms with Gasteiger partial charge in [-0.15, -0.1) is 0 Å². The number of ether oxygens (including phenoxy) is 2. The maximum absolute atomic E-state index is 12.4. The first-order valence-electron chi connectivity index (χ1n) is 6.98. The molecule has 5 nitrogen and oxygen atoms in total. The molecular formula is C15H19NO4. The summed E-state index contributed by atoms with van der Waals surface area (Å²) in [6.07, 6.45) is 3.10. The van der Waals surface area contributed by atoms with Crippen LogP contribution in [-0.2, 0) is 19.1 Å². The zero-order valence-corrected chi connectivity index (χ0v) is 11.6. The fourth-order valence-electron chi connectivity index (χ4n) is 3.51. The molecule has 2 saturated heterocycles. The van der Waals surface area contributed by atoms with Crippen LogP contribution in [0, 0.1) is 11.8 Å². The lowest BCUT2D eigenvalue weighted by Gasteiger charge is -2.45. The lowest BCUT2D eigenvalue weighted by molar-refractivity contribution is -0.268. The van der Waals surface area contributed by atoms with Crippen molar-refractivity contribution in [1.29, 1.82) is 0 Å². The van der Waals surface area contributed by atoms with Crippen molar-refractivity contribution in [3.05, 3.63) is 23.8 Å². The van der Waals surface area contributed by atoms with Crippen LogP contribution in [0.25, 0.3) is 0 Å². The Morgan fingerprint density at radius 2 is 2.25 bits per heavy atom. The Morgan fingerprint density at radius 1 is 1.50 bits per heavy atom. The molecule has 0 amide bonds. The zero-order valence-electron chi connectivity index (χ0n) is 11.6. The van der Waals surface area contributed by atoms with Crippen molar-refractivity contribution in [1.82, 2.24) is 0 Å². The van der Waals surface area contributed by atoms with Gasteiger partial charge in [-0.2, -0.15) is 0 Å². The summed E-state index contributed by atoms with van der Waals surface area (Å²) in [6.45, 7) is 5.99.